The van der Waals surface area contributed by atoms with E-state index in [0.717, 1.165) is 0 Å². The molecule has 0 aliphatic carbocycles. The zero-order valence-corrected chi connectivity index (χ0v) is 3.07. The Morgan fingerprint density at radius 1 is 1.80 bits per heavy atom. The van der Waals surface area contributed by atoms with Crippen molar-refractivity contribution >= 4 is 7.98 Å². The topological polar surface area (TPSA) is 38.0 Å². The fourth-order valence-electron chi connectivity index (χ4n) is 0.0833. The largest absolute Gasteiger partial charge is 0.365 e. The van der Waals surface area contributed by atoms with Gasteiger partial charge in [0.15, 0.2) is 7.98 Å². The van der Waals surface area contributed by atoms with Gasteiger partial charge in [-0.25, -0.2) is 0 Å². The lowest BCUT2D eigenvalue weighted by atomic mass is 10.4. The van der Waals surface area contributed by atoms with Crippen molar-refractivity contribution in [1.29, 1.82) is 0 Å². The van der Waals surface area contributed by atoms with Crippen LogP contribution in [0.1, 0.15) is 0 Å². The summed E-state index contributed by atoms with van der Waals surface area (Å²) in [4.78, 5) is 0. The first-order valence-electron chi connectivity index (χ1n) is 1.55. The molecule has 0 fully saturated rings. The van der Waals surface area contributed by atoms with Gasteiger partial charge < -0.3 is 11.0 Å². The van der Waals surface area contributed by atoms with Crippen LogP contribution in [0, 0.1) is 0 Å². The Morgan fingerprint density at radius 3 is 2.40 bits per heavy atom. The minimum atomic E-state index is 0.608. The van der Waals surface area contributed by atoms with Crippen LogP contribution in [0.2, 0.25) is 0 Å². The van der Waals surface area contributed by atoms with Gasteiger partial charge in [0, 0.05) is 6.54 Å². The normalized spacial score (nSPS) is 8.20. The highest BCUT2D eigenvalue weighted by molar-refractivity contribution is 6.04. The quantitative estimate of drug-likeness (QED) is 0.393. The first-order valence-corrected chi connectivity index (χ1v) is 1.55. The zero-order valence-electron chi connectivity index (χ0n) is 3.07. The molecule has 0 heterocycles. The van der Waals surface area contributed by atoms with Gasteiger partial charge in [-0.15, -0.1) is 0 Å². The summed E-state index contributed by atoms with van der Waals surface area (Å²) in [5, 5.41) is 2.39. The Morgan fingerprint density at radius 2 is 2.40 bits per heavy atom. The molecule has 0 amide bonds. The highest BCUT2D eigenvalue weighted by atomic mass is 14.8. The molecule has 0 unspecified atom stereocenters. The van der Waals surface area contributed by atoms with Crippen molar-refractivity contribution in [3.63, 3.8) is 0 Å². The molecule has 0 aromatic rings. The van der Waals surface area contributed by atoms with Gasteiger partial charge in [0.2, 0.25) is 0 Å². The summed E-state index contributed by atoms with van der Waals surface area (Å²) >= 11 is 0. The molecule has 0 atom stereocenters. The third-order valence-electron chi connectivity index (χ3n) is 0.289. The Labute approximate surface area is 33.2 Å². The number of nitrogens with one attached hydrogen (secondary N) is 1. The molecule has 2 radical (unpaired) electrons. The first-order chi connectivity index (χ1) is 2.41. The Balaban J connectivity index is 2.19. The zero-order chi connectivity index (χ0) is 4.12. The molecule has 28 valence electrons. The van der Waals surface area contributed by atoms with E-state index in [9.17, 15) is 0 Å². The lowest BCUT2D eigenvalue weighted by Crippen LogP contribution is -2.18. The Kier molecular flexibility index (Phi) is 3.97. The predicted molar refractivity (Wildman–Crippen MR) is 22.8 cm³/mol. The van der Waals surface area contributed by atoms with E-state index in [4.69, 9.17) is 13.7 Å². The highest BCUT2D eigenvalue weighted by Crippen LogP contribution is 1.35. The molecule has 0 aromatic heterocycles. The molecule has 0 saturated heterocycles. The van der Waals surface area contributed by atoms with Crippen LogP contribution in [0.4, 0.5) is 0 Å². The van der Waals surface area contributed by atoms with Gasteiger partial charge in [0.25, 0.3) is 0 Å². The van der Waals surface area contributed by atoms with E-state index in [0.29, 0.717) is 13.1 Å². The molecule has 3 heteroatoms. The number of hydrogen-bond donors (Lipinski definition) is 2. The van der Waals surface area contributed by atoms with Crippen LogP contribution < -0.4 is 11.0 Å². The molecule has 0 aliphatic heterocycles. The average molecular weight is 69.9 g/mol. The average Bonchev–Trinajstić information content (AvgIpc) is 1.41. The summed E-state index contributed by atoms with van der Waals surface area (Å²) in [5.41, 5.74) is 5.00. The summed E-state index contributed by atoms with van der Waals surface area (Å²) in [6, 6.07) is 0. The van der Waals surface area contributed by atoms with E-state index in [-0.39, 0.29) is 0 Å². The van der Waals surface area contributed by atoms with Crippen LogP contribution >= 0.6 is 0 Å². The molecule has 0 spiro atoms. The maximum atomic E-state index is 5.00. The maximum Gasteiger partial charge on any atom is 0.177 e. The smallest absolute Gasteiger partial charge is 0.177 e. The van der Waals surface area contributed by atoms with Crippen molar-refractivity contribution in [3.8, 4) is 0 Å². The van der Waals surface area contributed by atoms with Gasteiger partial charge >= 0.3 is 0 Å². The van der Waals surface area contributed by atoms with E-state index in [1.807, 2.05) is 0 Å². The molecular formula is C2H7BN2. The van der Waals surface area contributed by atoms with E-state index in [2.05, 4.69) is 5.23 Å². The van der Waals surface area contributed by atoms with Gasteiger partial charge in [-0.1, -0.05) is 0 Å². The Hall–Kier alpha value is -0.0151. The fraction of sp³-hybridized carbons (Fsp3) is 1.00. The lowest BCUT2D eigenvalue weighted by molar-refractivity contribution is 0.908. The second kappa shape index (κ2) is 3.98. The molecule has 5 heavy (non-hydrogen) atoms. The van der Waals surface area contributed by atoms with Crippen LogP contribution in [-0.2, 0) is 0 Å². The molecule has 2 nitrogen and oxygen atoms in total. The molecule has 3 N–H and O–H groups in total. The molecule has 0 aromatic carbocycles. The predicted octanol–water partition coefficient (Wildman–Crippen LogP) is -1.38. The van der Waals surface area contributed by atoms with Gasteiger partial charge in [0.1, 0.15) is 0 Å². The van der Waals surface area contributed by atoms with E-state index in [1.54, 1.807) is 0 Å². The molecule has 0 saturated carbocycles. The van der Waals surface area contributed by atoms with Crippen LogP contribution in [0.5, 0.6) is 0 Å². The summed E-state index contributed by atoms with van der Waals surface area (Å²) in [7, 11) is 4.81. The van der Waals surface area contributed by atoms with E-state index >= 15 is 0 Å². The molecular weight excluding hydrogens is 62.8 g/mol. The summed E-state index contributed by atoms with van der Waals surface area (Å²) < 4.78 is 0. The van der Waals surface area contributed by atoms with Crippen LogP contribution in [0.15, 0.2) is 0 Å². The fourth-order valence-corrected chi connectivity index (χ4v) is 0.0833. The van der Waals surface area contributed by atoms with Crippen molar-refractivity contribution in [1.82, 2.24) is 5.23 Å². The molecule has 0 bridgehead atoms. The third kappa shape index (κ3) is 3.98. The lowest BCUT2D eigenvalue weighted by Gasteiger charge is -1.85. The standard InChI is InChI=1S/C2H7BN2/c3-5-2-1-4/h5H,1-2,4H2. The minimum Gasteiger partial charge on any atom is -0.365 e. The van der Waals surface area contributed by atoms with Crippen LogP contribution in [0.25, 0.3) is 0 Å². The monoisotopic (exact) mass is 70.1 g/mol. The van der Waals surface area contributed by atoms with Gasteiger partial charge in [0.05, 0.1) is 0 Å². The second-order valence-electron chi connectivity index (χ2n) is 0.743. The van der Waals surface area contributed by atoms with Gasteiger partial charge in [-0.05, 0) is 6.54 Å². The minimum absolute atomic E-state index is 0.608. The van der Waals surface area contributed by atoms with Crippen molar-refractivity contribution < 1.29 is 0 Å². The second-order valence-corrected chi connectivity index (χ2v) is 0.743. The SMILES string of the molecule is [B]NCCN. The number of nitrogens with two attached hydrogens (primary N) is 1. The first kappa shape index (κ1) is 4.98. The summed E-state index contributed by atoms with van der Waals surface area (Å²) in [5.74, 6) is 0. The van der Waals surface area contributed by atoms with Gasteiger partial charge in [-0.3, -0.25) is 0 Å². The van der Waals surface area contributed by atoms with Crippen LogP contribution in [-0.4, -0.2) is 21.1 Å². The number of hydrogen-bond acceptors (Lipinski definition) is 2. The molecule has 0 aliphatic rings. The summed E-state index contributed by atoms with van der Waals surface area (Å²) in [6.45, 7) is 1.30. The van der Waals surface area contributed by atoms with Crippen molar-refractivity contribution in [2.45, 2.75) is 0 Å². The van der Waals surface area contributed by atoms with Crippen molar-refractivity contribution in [3.05, 3.63) is 0 Å². The third-order valence-corrected chi connectivity index (χ3v) is 0.289. The summed E-state index contributed by atoms with van der Waals surface area (Å²) in [6.07, 6.45) is 0. The Bertz CT molecular complexity index is 15.1. The molecule has 0 rings (SSSR count). The van der Waals surface area contributed by atoms with Crippen molar-refractivity contribution in [2.75, 3.05) is 13.1 Å². The van der Waals surface area contributed by atoms with E-state index in [1.165, 1.54) is 0 Å². The van der Waals surface area contributed by atoms with Crippen LogP contribution in [0.3, 0.4) is 0 Å². The van der Waals surface area contributed by atoms with Crippen molar-refractivity contribution in [2.24, 2.45) is 5.73 Å². The highest BCUT2D eigenvalue weighted by Gasteiger charge is 1.64. The number of rotatable bonds is 2. The maximum absolute atomic E-state index is 5.00. The van der Waals surface area contributed by atoms with Gasteiger partial charge in [-0.2, -0.15) is 0 Å². The van der Waals surface area contributed by atoms with E-state index < -0.39 is 0 Å².